The number of rotatable bonds is 5. The second kappa shape index (κ2) is 8.42. The molecule has 1 amide bonds. The van der Waals surface area contributed by atoms with E-state index in [0.29, 0.717) is 29.2 Å². The zero-order valence-electron chi connectivity index (χ0n) is 15.1. The summed E-state index contributed by atoms with van der Waals surface area (Å²) in [6.45, 7) is 1.93. The zero-order chi connectivity index (χ0) is 21.2. The summed E-state index contributed by atoms with van der Waals surface area (Å²) in [7, 11) is 0. The Morgan fingerprint density at radius 2 is 1.83 bits per heavy atom. The van der Waals surface area contributed by atoms with E-state index in [4.69, 9.17) is 23.2 Å². The maximum atomic E-state index is 13.0. The molecule has 0 radical (unpaired) electrons. The molecule has 1 heterocycles. The van der Waals surface area contributed by atoms with Crippen molar-refractivity contribution in [1.82, 2.24) is 15.0 Å². The zero-order valence-corrected chi connectivity index (χ0v) is 16.6. The molecule has 3 rings (SSSR count). The molecule has 0 atom stereocenters. The van der Waals surface area contributed by atoms with E-state index in [0.717, 1.165) is 12.1 Å². The first-order valence-corrected chi connectivity index (χ1v) is 9.35. The largest absolute Gasteiger partial charge is 0.417 e. The first-order chi connectivity index (χ1) is 13.7. The lowest BCUT2D eigenvalue weighted by Gasteiger charge is -2.12. The molecule has 0 fully saturated rings. The van der Waals surface area contributed by atoms with E-state index >= 15 is 0 Å². The van der Waals surface area contributed by atoms with Crippen molar-refractivity contribution in [3.63, 3.8) is 0 Å². The van der Waals surface area contributed by atoms with Gasteiger partial charge in [0.05, 0.1) is 22.0 Å². The number of alkyl halides is 3. The third kappa shape index (κ3) is 4.71. The molecular formula is C19H15Cl2F3N4O. The Hall–Kier alpha value is -2.58. The highest BCUT2D eigenvalue weighted by atomic mass is 35.5. The molecule has 0 aliphatic rings. The van der Waals surface area contributed by atoms with Gasteiger partial charge in [0, 0.05) is 10.7 Å². The van der Waals surface area contributed by atoms with Gasteiger partial charge in [0.15, 0.2) is 5.69 Å². The predicted octanol–water partition coefficient (Wildman–Crippen LogP) is 5.80. The van der Waals surface area contributed by atoms with Gasteiger partial charge in [-0.1, -0.05) is 41.8 Å². The molecule has 0 saturated carbocycles. The van der Waals surface area contributed by atoms with Crippen LogP contribution in [0.25, 0.3) is 5.69 Å². The number of carbonyl (C=O) groups excluding carboxylic acids is 1. The fourth-order valence-corrected chi connectivity index (χ4v) is 3.09. The van der Waals surface area contributed by atoms with Crippen LogP contribution in [0.15, 0.2) is 42.5 Å². The minimum absolute atomic E-state index is 0.0327. The van der Waals surface area contributed by atoms with E-state index in [2.05, 4.69) is 15.6 Å². The highest BCUT2D eigenvalue weighted by Crippen LogP contribution is 2.36. The summed E-state index contributed by atoms with van der Waals surface area (Å²) in [6, 6.07) is 9.97. The Balaban J connectivity index is 1.93. The number of nitrogens with zero attached hydrogens (tertiary/aromatic N) is 3. The highest BCUT2D eigenvalue weighted by molar-refractivity contribution is 6.31. The molecule has 0 aliphatic carbocycles. The average molecular weight is 443 g/mol. The Morgan fingerprint density at radius 3 is 2.45 bits per heavy atom. The number of amides is 1. The summed E-state index contributed by atoms with van der Waals surface area (Å²) in [6.07, 6.45) is -3.43. The molecule has 0 spiro atoms. The van der Waals surface area contributed by atoms with Gasteiger partial charge in [0.1, 0.15) is 0 Å². The summed E-state index contributed by atoms with van der Waals surface area (Å²) < 4.78 is 40.6. The van der Waals surface area contributed by atoms with Crippen LogP contribution in [0.2, 0.25) is 10.0 Å². The standard InChI is InChI=1S/C19H15Cl2F3N4O/c1-2-3-16-17(26-27-28(16)13-7-4-11(20)5-8-13)18(29)25-12-6-9-15(21)14(10-12)19(22,23)24/h4-10H,2-3H2,1H3,(H,25,29). The van der Waals surface area contributed by atoms with E-state index in [1.54, 1.807) is 24.3 Å². The lowest BCUT2D eigenvalue weighted by Crippen LogP contribution is -2.16. The number of benzene rings is 2. The molecule has 1 aromatic heterocycles. The van der Waals surface area contributed by atoms with Crippen molar-refractivity contribution in [3.05, 3.63) is 69.5 Å². The molecule has 0 bridgehead atoms. The molecular weight excluding hydrogens is 428 g/mol. The Morgan fingerprint density at radius 1 is 1.14 bits per heavy atom. The van der Waals surface area contributed by atoms with Crippen molar-refractivity contribution < 1.29 is 18.0 Å². The van der Waals surface area contributed by atoms with E-state index in [1.807, 2.05) is 6.92 Å². The molecule has 29 heavy (non-hydrogen) atoms. The second-order valence-corrected chi connectivity index (χ2v) is 7.01. The normalized spacial score (nSPS) is 11.5. The van der Waals surface area contributed by atoms with Gasteiger partial charge in [-0.05, 0) is 48.9 Å². The van der Waals surface area contributed by atoms with E-state index < -0.39 is 22.7 Å². The third-order valence-corrected chi connectivity index (χ3v) is 4.65. The first kappa shape index (κ1) is 21.1. The summed E-state index contributed by atoms with van der Waals surface area (Å²) in [4.78, 5) is 12.7. The van der Waals surface area contributed by atoms with Crippen LogP contribution in [-0.2, 0) is 12.6 Å². The molecule has 10 heteroatoms. The van der Waals surface area contributed by atoms with Crippen LogP contribution >= 0.6 is 23.2 Å². The van der Waals surface area contributed by atoms with Gasteiger partial charge in [0.25, 0.3) is 5.91 Å². The van der Waals surface area contributed by atoms with Crippen LogP contribution in [-0.4, -0.2) is 20.9 Å². The van der Waals surface area contributed by atoms with Gasteiger partial charge in [0.2, 0.25) is 0 Å². The SMILES string of the molecule is CCCc1c(C(=O)Nc2ccc(Cl)c(C(F)(F)F)c2)nnn1-c1ccc(Cl)cc1. The van der Waals surface area contributed by atoms with Crippen molar-refractivity contribution in [2.24, 2.45) is 0 Å². The molecule has 2 aromatic carbocycles. The smallest absolute Gasteiger partial charge is 0.321 e. The lowest BCUT2D eigenvalue weighted by molar-refractivity contribution is -0.137. The molecule has 1 N–H and O–H groups in total. The number of halogens is 5. The van der Waals surface area contributed by atoms with Gasteiger partial charge in [-0.2, -0.15) is 13.2 Å². The summed E-state index contributed by atoms with van der Waals surface area (Å²) >= 11 is 11.5. The molecule has 0 unspecified atom stereocenters. The first-order valence-electron chi connectivity index (χ1n) is 8.59. The van der Waals surface area contributed by atoms with Crippen molar-refractivity contribution >= 4 is 34.8 Å². The predicted molar refractivity (Wildman–Crippen MR) is 105 cm³/mol. The summed E-state index contributed by atoms with van der Waals surface area (Å²) in [5, 5.41) is 10.5. The van der Waals surface area contributed by atoms with Gasteiger partial charge in [-0.3, -0.25) is 4.79 Å². The lowest BCUT2D eigenvalue weighted by atomic mass is 10.1. The van der Waals surface area contributed by atoms with Crippen molar-refractivity contribution in [3.8, 4) is 5.69 Å². The maximum Gasteiger partial charge on any atom is 0.417 e. The van der Waals surface area contributed by atoms with Gasteiger partial charge < -0.3 is 5.32 Å². The van der Waals surface area contributed by atoms with Crippen molar-refractivity contribution in [2.75, 3.05) is 5.32 Å². The third-order valence-electron chi connectivity index (χ3n) is 4.07. The van der Waals surface area contributed by atoms with Crippen LogP contribution in [0.4, 0.5) is 18.9 Å². The molecule has 0 saturated heterocycles. The topological polar surface area (TPSA) is 59.8 Å². The van der Waals surface area contributed by atoms with Crippen LogP contribution in [0.3, 0.4) is 0 Å². The second-order valence-electron chi connectivity index (χ2n) is 6.17. The number of carbonyl (C=O) groups is 1. The van der Waals surface area contributed by atoms with E-state index in [1.165, 1.54) is 10.7 Å². The van der Waals surface area contributed by atoms with Gasteiger partial charge >= 0.3 is 6.18 Å². The van der Waals surface area contributed by atoms with Gasteiger partial charge in [-0.15, -0.1) is 5.10 Å². The molecule has 3 aromatic rings. The quantitative estimate of drug-likeness (QED) is 0.543. The molecule has 0 aliphatic heterocycles. The molecule has 152 valence electrons. The van der Waals surface area contributed by atoms with E-state index in [-0.39, 0.29) is 11.4 Å². The Bertz CT molecular complexity index is 1030. The average Bonchev–Trinajstić information content (AvgIpc) is 3.07. The van der Waals surface area contributed by atoms with Crippen molar-refractivity contribution in [2.45, 2.75) is 25.9 Å². The minimum atomic E-state index is -4.64. The number of aromatic nitrogens is 3. The van der Waals surface area contributed by atoms with Crippen molar-refractivity contribution in [1.29, 1.82) is 0 Å². The summed E-state index contributed by atoms with van der Waals surface area (Å²) in [5.41, 5.74) is 0.156. The Kier molecular flexibility index (Phi) is 6.14. The number of nitrogens with one attached hydrogen (secondary N) is 1. The molecule has 5 nitrogen and oxygen atoms in total. The van der Waals surface area contributed by atoms with Crippen LogP contribution < -0.4 is 5.32 Å². The summed E-state index contributed by atoms with van der Waals surface area (Å²) in [5.74, 6) is -0.663. The highest BCUT2D eigenvalue weighted by Gasteiger charge is 2.33. The number of hydrogen-bond donors (Lipinski definition) is 1. The maximum absolute atomic E-state index is 13.0. The minimum Gasteiger partial charge on any atom is -0.321 e. The Labute approximate surface area is 174 Å². The fraction of sp³-hybridized carbons (Fsp3) is 0.211. The monoisotopic (exact) mass is 442 g/mol. The van der Waals surface area contributed by atoms with Crippen LogP contribution in [0.5, 0.6) is 0 Å². The van der Waals surface area contributed by atoms with E-state index in [9.17, 15) is 18.0 Å². The number of anilines is 1. The van der Waals surface area contributed by atoms with Crippen LogP contribution in [0, 0.1) is 0 Å². The fourth-order valence-electron chi connectivity index (χ4n) is 2.74. The van der Waals surface area contributed by atoms with Crippen LogP contribution in [0.1, 0.15) is 35.1 Å². The number of hydrogen-bond acceptors (Lipinski definition) is 3. The van der Waals surface area contributed by atoms with Gasteiger partial charge in [-0.25, -0.2) is 4.68 Å².